The predicted molar refractivity (Wildman–Crippen MR) is 64.5 cm³/mol. The predicted octanol–water partition coefficient (Wildman–Crippen LogP) is 3.09. The summed E-state index contributed by atoms with van der Waals surface area (Å²) in [6.45, 7) is 6.15. The summed E-state index contributed by atoms with van der Waals surface area (Å²) in [5, 5.41) is 4.11. The van der Waals surface area contributed by atoms with Gasteiger partial charge in [0.05, 0.1) is 7.11 Å². The molecule has 0 amide bonds. The van der Waals surface area contributed by atoms with E-state index in [1.807, 2.05) is 18.2 Å². The van der Waals surface area contributed by atoms with Gasteiger partial charge in [-0.3, -0.25) is 0 Å². The molecular weight excluding hydrogens is 210 g/mol. The van der Waals surface area contributed by atoms with E-state index in [9.17, 15) is 0 Å². The van der Waals surface area contributed by atoms with Gasteiger partial charge in [-0.2, -0.15) is 0 Å². The number of nitrogens with one attached hydrogen (secondary N) is 1. The lowest BCUT2D eigenvalue weighted by Crippen LogP contribution is -2.19. The molecule has 1 rings (SSSR count). The largest absolute Gasteiger partial charge is 0.496 e. The topological polar surface area (TPSA) is 21.3 Å². The maximum Gasteiger partial charge on any atom is 0.123 e. The Morgan fingerprint density at radius 2 is 2.13 bits per heavy atom. The van der Waals surface area contributed by atoms with Crippen molar-refractivity contribution in [1.29, 1.82) is 0 Å². The van der Waals surface area contributed by atoms with Gasteiger partial charge in [-0.05, 0) is 30.7 Å². The lowest BCUT2D eigenvalue weighted by atomic mass is 10.2. The fraction of sp³-hybridized carbons (Fsp3) is 0.500. The zero-order valence-corrected chi connectivity index (χ0v) is 10.3. The van der Waals surface area contributed by atoms with Crippen LogP contribution in [0, 0.1) is 5.92 Å². The minimum Gasteiger partial charge on any atom is -0.496 e. The van der Waals surface area contributed by atoms with E-state index in [0.29, 0.717) is 5.92 Å². The molecule has 1 aromatic rings. The van der Waals surface area contributed by atoms with Crippen LogP contribution in [0.4, 0.5) is 0 Å². The highest BCUT2D eigenvalue weighted by molar-refractivity contribution is 6.30. The zero-order chi connectivity index (χ0) is 11.3. The Morgan fingerprint density at radius 1 is 1.40 bits per heavy atom. The van der Waals surface area contributed by atoms with Crippen LogP contribution in [-0.2, 0) is 6.54 Å². The summed E-state index contributed by atoms with van der Waals surface area (Å²) in [4.78, 5) is 0. The van der Waals surface area contributed by atoms with Crippen LogP contribution >= 0.6 is 11.6 Å². The van der Waals surface area contributed by atoms with Crippen molar-refractivity contribution in [1.82, 2.24) is 5.32 Å². The van der Waals surface area contributed by atoms with Crippen molar-refractivity contribution in [2.75, 3.05) is 13.7 Å². The van der Waals surface area contributed by atoms with E-state index >= 15 is 0 Å². The van der Waals surface area contributed by atoms with Crippen LogP contribution in [-0.4, -0.2) is 13.7 Å². The molecule has 1 N–H and O–H groups in total. The molecule has 3 heteroatoms. The van der Waals surface area contributed by atoms with Crippen LogP contribution < -0.4 is 10.1 Å². The SMILES string of the molecule is COc1ccc(Cl)cc1CNCC(C)C. The van der Waals surface area contributed by atoms with E-state index in [1.165, 1.54) is 0 Å². The quantitative estimate of drug-likeness (QED) is 0.835. The highest BCUT2D eigenvalue weighted by Gasteiger charge is 2.03. The summed E-state index contributed by atoms with van der Waals surface area (Å²) in [5.74, 6) is 1.53. The Bertz CT molecular complexity index is 312. The molecule has 1 aromatic carbocycles. The standard InChI is InChI=1S/C12H18ClNO/c1-9(2)7-14-8-10-6-11(13)4-5-12(10)15-3/h4-6,9,14H,7-8H2,1-3H3. The van der Waals surface area contributed by atoms with E-state index in [2.05, 4.69) is 19.2 Å². The van der Waals surface area contributed by atoms with Crippen LogP contribution in [0.3, 0.4) is 0 Å². The molecule has 0 bridgehead atoms. The van der Waals surface area contributed by atoms with Crippen molar-refractivity contribution in [3.05, 3.63) is 28.8 Å². The minimum absolute atomic E-state index is 0.648. The maximum absolute atomic E-state index is 5.93. The molecule has 84 valence electrons. The molecule has 0 atom stereocenters. The molecule has 0 aromatic heterocycles. The van der Waals surface area contributed by atoms with E-state index in [-0.39, 0.29) is 0 Å². The summed E-state index contributed by atoms with van der Waals surface area (Å²) in [5.41, 5.74) is 1.10. The molecule has 0 heterocycles. The molecule has 0 aliphatic heterocycles. The summed E-state index contributed by atoms with van der Waals surface area (Å²) >= 11 is 5.93. The van der Waals surface area contributed by atoms with Crippen molar-refractivity contribution in [2.24, 2.45) is 5.92 Å². The molecule has 15 heavy (non-hydrogen) atoms. The number of methoxy groups -OCH3 is 1. The molecule has 2 nitrogen and oxygen atoms in total. The third-order valence-electron chi connectivity index (χ3n) is 2.11. The van der Waals surface area contributed by atoms with Crippen LogP contribution in [0.2, 0.25) is 5.02 Å². The summed E-state index contributed by atoms with van der Waals surface area (Å²) in [6.07, 6.45) is 0. The average Bonchev–Trinajstić information content (AvgIpc) is 2.17. The van der Waals surface area contributed by atoms with Crippen LogP contribution in [0.25, 0.3) is 0 Å². The second kappa shape index (κ2) is 5.99. The Hall–Kier alpha value is -0.730. The summed E-state index contributed by atoms with van der Waals surface area (Å²) in [6, 6.07) is 5.68. The first-order valence-corrected chi connectivity index (χ1v) is 5.54. The Labute approximate surface area is 96.6 Å². The smallest absolute Gasteiger partial charge is 0.123 e. The van der Waals surface area contributed by atoms with Gasteiger partial charge in [0.15, 0.2) is 0 Å². The van der Waals surface area contributed by atoms with Gasteiger partial charge in [0, 0.05) is 17.1 Å². The fourth-order valence-electron chi connectivity index (χ4n) is 1.38. The second-order valence-electron chi connectivity index (χ2n) is 3.98. The molecule has 0 fully saturated rings. The Morgan fingerprint density at radius 3 is 2.73 bits per heavy atom. The lowest BCUT2D eigenvalue weighted by molar-refractivity contribution is 0.406. The molecule has 0 saturated carbocycles. The molecular formula is C12H18ClNO. The van der Waals surface area contributed by atoms with Crippen LogP contribution in [0.5, 0.6) is 5.75 Å². The zero-order valence-electron chi connectivity index (χ0n) is 9.51. The summed E-state index contributed by atoms with van der Waals surface area (Å²) < 4.78 is 5.26. The van der Waals surface area contributed by atoms with Crippen LogP contribution in [0.1, 0.15) is 19.4 Å². The number of benzene rings is 1. The van der Waals surface area contributed by atoms with Gasteiger partial charge in [0.1, 0.15) is 5.75 Å². The van der Waals surface area contributed by atoms with Crippen molar-refractivity contribution in [3.63, 3.8) is 0 Å². The molecule has 0 aliphatic carbocycles. The van der Waals surface area contributed by atoms with E-state index < -0.39 is 0 Å². The highest BCUT2D eigenvalue weighted by Crippen LogP contribution is 2.22. The van der Waals surface area contributed by atoms with Gasteiger partial charge < -0.3 is 10.1 Å². The lowest BCUT2D eigenvalue weighted by Gasteiger charge is -2.11. The normalized spacial score (nSPS) is 10.7. The van der Waals surface area contributed by atoms with Crippen molar-refractivity contribution in [2.45, 2.75) is 20.4 Å². The third kappa shape index (κ3) is 4.10. The minimum atomic E-state index is 0.648. The van der Waals surface area contributed by atoms with Gasteiger partial charge >= 0.3 is 0 Å². The number of ether oxygens (including phenoxy) is 1. The van der Waals surface area contributed by atoms with E-state index in [0.717, 1.165) is 29.4 Å². The second-order valence-corrected chi connectivity index (χ2v) is 4.42. The van der Waals surface area contributed by atoms with Gasteiger partial charge in [0.2, 0.25) is 0 Å². The molecule has 0 unspecified atom stereocenters. The van der Waals surface area contributed by atoms with E-state index in [1.54, 1.807) is 7.11 Å². The number of rotatable bonds is 5. The van der Waals surface area contributed by atoms with Crippen molar-refractivity contribution in [3.8, 4) is 5.75 Å². The third-order valence-corrected chi connectivity index (χ3v) is 2.35. The van der Waals surface area contributed by atoms with Crippen molar-refractivity contribution < 1.29 is 4.74 Å². The van der Waals surface area contributed by atoms with Gasteiger partial charge in [-0.15, -0.1) is 0 Å². The van der Waals surface area contributed by atoms with Gasteiger partial charge in [0.25, 0.3) is 0 Å². The van der Waals surface area contributed by atoms with Gasteiger partial charge in [-0.1, -0.05) is 25.4 Å². The first-order chi connectivity index (χ1) is 7.13. The number of hydrogen-bond donors (Lipinski definition) is 1. The number of halogens is 1. The monoisotopic (exact) mass is 227 g/mol. The first-order valence-electron chi connectivity index (χ1n) is 5.16. The molecule has 0 saturated heterocycles. The molecule has 0 aliphatic rings. The van der Waals surface area contributed by atoms with E-state index in [4.69, 9.17) is 16.3 Å². The summed E-state index contributed by atoms with van der Waals surface area (Å²) in [7, 11) is 1.68. The Kier molecular flexibility index (Phi) is 4.92. The highest BCUT2D eigenvalue weighted by atomic mass is 35.5. The van der Waals surface area contributed by atoms with Gasteiger partial charge in [-0.25, -0.2) is 0 Å². The molecule has 0 spiro atoms. The maximum atomic E-state index is 5.93. The Balaban J connectivity index is 2.62. The first kappa shape index (κ1) is 12.3. The number of hydrogen-bond acceptors (Lipinski definition) is 2. The van der Waals surface area contributed by atoms with Crippen molar-refractivity contribution >= 4 is 11.6 Å². The van der Waals surface area contributed by atoms with Crippen LogP contribution in [0.15, 0.2) is 18.2 Å². The average molecular weight is 228 g/mol. The molecule has 0 radical (unpaired) electrons. The fourth-order valence-corrected chi connectivity index (χ4v) is 1.58.